The topological polar surface area (TPSA) is 55.1 Å². The Balaban J connectivity index is 2.18. The van der Waals surface area contributed by atoms with E-state index in [0.717, 1.165) is 16.5 Å². The summed E-state index contributed by atoms with van der Waals surface area (Å²) in [6, 6.07) is 12.6. The minimum absolute atomic E-state index is 0.0715. The lowest BCUT2D eigenvalue weighted by Crippen LogP contribution is -2.28. The molecule has 0 aliphatic heterocycles. The van der Waals surface area contributed by atoms with Gasteiger partial charge < -0.3 is 11.1 Å². The van der Waals surface area contributed by atoms with E-state index in [9.17, 15) is 4.79 Å². The molecule has 2 rings (SSSR count). The zero-order valence-electron chi connectivity index (χ0n) is 11.6. The first-order valence-corrected chi connectivity index (χ1v) is 7.79. The monoisotopic (exact) mass is 366 g/mol. The predicted molar refractivity (Wildman–Crippen MR) is 90.5 cm³/mol. The predicted octanol–water partition coefficient (Wildman–Crippen LogP) is 4.57. The van der Waals surface area contributed by atoms with E-state index in [4.69, 9.17) is 17.3 Å². The van der Waals surface area contributed by atoms with Crippen LogP contribution in [0.15, 0.2) is 46.9 Å². The molecule has 21 heavy (non-hydrogen) atoms. The zero-order chi connectivity index (χ0) is 15.4. The number of carbonyl (C=O) groups is 1. The van der Waals surface area contributed by atoms with Crippen molar-refractivity contribution in [3.8, 4) is 0 Å². The van der Waals surface area contributed by atoms with Crippen LogP contribution in [-0.2, 0) is 0 Å². The Hall–Kier alpha value is -1.52. The Morgan fingerprint density at radius 2 is 1.95 bits per heavy atom. The van der Waals surface area contributed by atoms with Gasteiger partial charge in [0, 0.05) is 15.2 Å². The quantitative estimate of drug-likeness (QED) is 0.778. The lowest BCUT2D eigenvalue weighted by atomic mass is 10.0. The van der Waals surface area contributed by atoms with E-state index in [1.165, 1.54) is 0 Å². The summed E-state index contributed by atoms with van der Waals surface area (Å²) in [7, 11) is 0. The average molecular weight is 368 g/mol. The lowest BCUT2D eigenvalue weighted by molar-refractivity contribution is 0.0936. The van der Waals surface area contributed by atoms with Gasteiger partial charge in [-0.2, -0.15) is 0 Å². The van der Waals surface area contributed by atoms with Crippen LogP contribution in [0.25, 0.3) is 0 Å². The second-order valence-electron chi connectivity index (χ2n) is 4.72. The fourth-order valence-electron chi connectivity index (χ4n) is 2.09. The van der Waals surface area contributed by atoms with Crippen molar-refractivity contribution >= 4 is 39.1 Å². The Morgan fingerprint density at radius 3 is 2.52 bits per heavy atom. The van der Waals surface area contributed by atoms with Crippen LogP contribution in [0, 0.1) is 0 Å². The molecule has 0 heterocycles. The van der Waals surface area contributed by atoms with Gasteiger partial charge in [0.15, 0.2) is 0 Å². The highest BCUT2D eigenvalue weighted by Gasteiger charge is 2.16. The third-order valence-electron chi connectivity index (χ3n) is 3.24. The van der Waals surface area contributed by atoms with E-state index < -0.39 is 0 Å². The molecule has 1 unspecified atom stereocenters. The smallest absolute Gasteiger partial charge is 0.253 e. The number of nitrogen functional groups attached to an aromatic ring is 1. The Morgan fingerprint density at radius 1 is 1.29 bits per heavy atom. The number of amides is 1. The molecule has 0 radical (unpaired) electrons. The number of anilines is 1. The van der Waals surface area contributed by atoms with E-state index >= 15 is 0 Å². The van der Waals surface area contributed by atoms with Gasteiger partial charge in [-0.3, -0.25) is 4.79 Å². The standard InChI is InChI=1S/C16H16BrClN2O/c1-2-15(10-3-6-12(18)7-4-10)20-16(21)13-8-5-11(17)9-14(13)19/h3-9,15H,2,19H2,1H3,(H,20,21). The Labute approximate surface area is 137 Å². The first kappa shape index (κ1) is 15.9. The van der Waals surface area contributed by atoms with E-state index in [1.807, 2.05) is 31.2 Å². The summed E-state index contributed by atoms with van der Waals surface area (Å²) in [5.41, 5.74) is 7.84. The van der Waals surface area contributed by atoms with Crippen LogP contribution >= 0.6 is 27.5 Å². The van der Waals surface area contributed by atoms with Crippen molar-refractivity contribution in [3.05, 3.63) is 63.1 Å². The van der Waals surface area contributed by atoms with Crippen LogP contribution in [0.1, 0.15) is 35.3 Å². The van der Waals surface area contributed by atoms with Gasteiger partial charge in [0.25, 0.3) is 5.91 Å². The fraction of sp³-hybridized carbons (Fsp3) is 0.188. The molecule has 0 saturated carbocycles. The second-order valence-corrected chi connectivity index (χ2v) is 6.07. The number of benzene rings is 2. The van der Waals surface area contributed by atoms with E-state index in [1.54, 1.807) is 18.2 Å². The maximum atomic E-state index is 12.4. The normalized spacial score (nSPS) is 12.0. The number of nitrogens with one attached hydrogen (secondary N) is 1. The van der Waals surface area contributed by atoms with Crippen molar-refractivity contribution in [2.24, 2.45) is 0 Å². The van der Waals surface area contributed by atoms with Gasteiger partial charge in [-0.25, -0.2) is 0 Å². The molecule has 110 valence electrons. The maximum Gasteiger partial charge on any atom is 0.253 e. The molecule has 1 amide bonds. The van der Waals surface area contributed by atoms with Crippen LogP contribution in [0.5, 0.6) is 0 Å². The van der Waals surface area contributed by atoms with Gasteiger partial charge in [0.2, 0.25) is 0 Å². The number of nitrogens with two attached hydrogens (primary N) is 1. The first-order chi connectivity index (χ1) is 10.0. The van der Waals surface area contributed by atoms with Crippen molar-refractivity contribution in [1.82, 2.24) is 5.32 Å². The number of hydrogen-bond donors (Lipinski definition) is 2. The molecule has 0 aliphatic rings. The molecule has 3 N–H and O–H groups in total. The van der Waals surface area contributed by atoms with Crippen LogP contribution < -0.4 is 11.1 Å². The number of rotatable bonds is 4. The Bertz CT molecular complexity index is 643. The van der Waals surface area contributed by atoms with Crippen molar-refractivity contribution < 1.29 is 4.79 Å². The van der Waals surface area contributed by atoms with Gasteiger partial charge in [-0.1, -0.05) is 46.6 Å². The minimum Gasteiger partial charge on any atom is -0.398 e. The molecule has 2 aromatic rings. The summed E-state index contributed by atoms with van der Waals surface area (Å²) in [5.74, 6) is -0.179. The third-order valence-corrected chi connectivity index (χ3v) is 3.99. The van der Waals surface area contributed by atoms with Crippen LogP contribution in [0.4, 0.5) is 5.69 Å². The van der Waals surface area contributed by atoms with Gasteiger partial charge in [0.05, 0.1) is 11.6 Å². The summed E-state index contributed by atoms with van der Waals surface area (Å²) in [5, 5.41) is 3.68. The number of carbonyl (C=O) groups excluding carboxylic acids is 1. The molecule has 0 bridgehead atoms. The van der Waals surface area contributed by atoms with Gasteiger partial charge in [-0.05, 0) is 42.3 Å². The van der Waals surface area contributed by atoms with Crippen molar-refractivity contribution in [1.29, 1.82) is 0 Å². The largest absolute Gasteiger partial charge is 0.398 e. The number of hydrogen-bond acceptors (Lipinski definition) is 2. The summed E-state index contributed by atoms with van der Waals surface area (Å²) < 4.78 is 0.848. The highest BCUT2D eigenvalue weighted by atomic mass is 79.9. The molecule has 2 aromatic carbocycles. The van der Waals surface area contributed by atoms with Gasteiger partial charge in [-0.15, -0.1) is 0 Å². The first-order valence-electron chi connectivity index (χ1n) is 6.62. The van der Waals surface area contributed by atoms with E-state index in [2.05, 4.69) is 21.2 Å². The molecule has 0 fully saturated rings. The second kappa shape index (κ2) is 6.96. The molecule has 0 spiro atoms. The fourth-order valence-corrected chi connectivity index (χ4v) is 2.60. The molecule has 0 aromatic heterocycles. The number of halogens is 2. The van der Waals surface area contributed by atoms with Crippen LogP contribution in [0.2, 0.25) is 5.02 Å². The summed E-state index contributed by atoms with van der Waals surface area (Å²) in [4.78, 5) is 12.4. The van der Waals surface area contributed by atoms with Crippen LogP contribution in [-0.4, -0.2) is 5.91 Å². The molecular weight excluding hydrogens is 352 g/mol. The van der Waals surface area contributed by atoms with Crippen LogP contribution in [0.3, 0.4) is 0 Å². The highest BCUT2D eigenvalue weighted by Crippen LogP contribution is 2.22. The highest BCUT2D eigenvalue weighted by molar-refractivity contribution is 9.10. The minimum atomic E-state index is -0.179. The summed E-state index contributed by atoms with van der Waals surface area (Å²) >= 11 is 9.22. The molecule has 0 saturated heterocycles. The maximum absolute atomic E-state index is 12.4. The van der Waals surface area contributed by atoms with E-state index in [0.29, 0.717) is 16.3 Å². The molecule has 1 atom stereocenters. The summed E-state index contributed by atoms with van der Waals surface area (Å²) in [6.45, 7) is 2.02. The molecule has 5 heteroatoms. The average Bonchev–Trinajstić information content (AvgIpc) is 2.45. The zero-order valence-corrected chi connectivity index (χ0v) is 13.9. The van der Waals surface area contributed by atoms with Gasteiger partial charge >= 0.3 is 0 Å². The third kappa shape index (κ3) is 3.99. The van der Waals surface area contributed by atoms with Crippen molar-refractivity contribution in [2.75, 3.05) is 5.73 Å². The van der Waals surface area contributed by atoms with Crippen molar-refractivity contribution in [2.45, 2.75) is 19.4 Å². The molecular formula is C16H16BrClN2O. The SMILES string of the molecule is CCC(NC(=O)c1ccc(Br)cc1N)c1ccc(Cl)cc1. The van der Waals surface area contributed by atoms with Crippen molar-refractivity contribution in [3.63, 3.8) is 0 Å². The molecule has 3 nitrogen and oxygen atoms in total. The molecule has 0 aliphatic carbocycles. The Kier molecular flexibility index (Phi) is 5.26. The van der Waals surface area contributed by atoms with E-state index in [-0.39, 0.29) is 11.9 Å². The lowest BCUT2D eigenvalue weighted by Gasteiger charge is -2.18. The van der Waals surface area contributed by atoms with Gasteiger partial charge in [0.1, 0.15) is 0 Å². The summed E-state index contributed by atoms with van der Waals surface area (Å²) in [6.07, 6.45) is 0.782.